The van der Waals surface area contributed by atoms with Gasteiger partial charge in [-0.25, -0.2) is 0 Å². The van der Waals surface area contributed by atoms with Crippen molar-refractivity contribution in [2.45, 2.75) is 115 Å². The van der Waals surface area contributed by atoms with Gasteiger partial charge >= 0.3 is 6.18 Å². The Morgan fingerprint density at radius 2 is 1.39 bits per heavy atom. The van der Waals surface area contributed by atoms with Crippen molar-refractivity contribution >= 4 is 8.80 Å². The van der Waals surface area contributed by atoms with Gasteiger partial charge in [-0.2, -0.15) is 13.2 Å². The molecule has 4 heteroatoms. The van der Waals surface area contributed by atoms with E-state index in [4.69, 9.17) is 0 Å². The van der Waals surface area contributed by atoms with E-state index in [-0.39, 0.29) is 8.80 Å². The molecule has 1 saturated heterocycles. The number of unbranched alkanes of at least 4 members (excludes halogenated alkanes) is 1. The van der Waals surface area contributed by atoms with Crippen molar-refractivity contribution in [1.29, 1.82) is 0 Å². The zero-order valence-electron chi connectivity index (χ0n) is 19.7. The summed E-state index contributed by atoms with van der Waals surface area (Å²) in [5.74, 6) is 3.19. The first-order valence-electron chi connectivity index (χ1n) is 13.0. The van der Waals surface area contributed by atoms with Gasteiger partial charge < -0.3 is 0 Å². The fourth-order valence-electron chi connectivity index (χ4n) is 5.97. The van der Waals surface area contributed by atoms with Gasteiger partial charge in [0, 0.05) is 8.80 Å². The van der Waals surface area contributed by atoms with E-state index in [0.29, 0.717) is 5.92 Å². The second-order valence-corrected chi connectivity index (χ2v) is 14.4. The number of rotatable bonds is 9. The Morgan fingerprint density at radius 1 is 0.839 bits per heavy atom. The summed E-state index contributed by atoms with van der Waals surface area (Å²) in [5.41, 5.74) is 0.565. The molecule has 0 atom stereocenters. The fraction of sp³-hybridized carbons (Fsp3) is 0.778. The number of hydrogen-bond donors (Lipinski definition) is 0. The van der Waals surface area contributed by atoms with Gasteiger partial charge in [0.1, 0.15) is 0 Å². The van der Waals surface area contributed by atoms with E-state index in [9.17, 15) is 13.2 Å². The Labute approximate surface area is 190 Å². The maximum atomic E-state index is 12.8. The summed E-state index contributed by atoms with van der Waals surface area (Å²) in [5, 5.41) is 0. The van der Waals surface area contributed by atoms with Crippen LogP contribution >= 0.6 is 0 Å². The lowest BCUT2D eigenvalue weighted by molar-refractivity contribution is -0.137. The molecule has 2 aliphatic rings. The van der Waals surface area contributed by atoms with Crippen LogP contribution in [0.1, 0.15) is 102 Å². The summed E-state index contributed by atoms with van der Waals surface area (Å²) in [6.45, 7) is 4.72. The van der Waals surface area contributed by atoms with Gasteiger partial charge in [0.2, 0.25) is 0 Å². The van der Waals surface area contributed by atoms with E-state index in [1.165, 1.54) is 69.9 Å². The molecule has 31 heavy (non-hydrogen) atoms. The molecule has 3 rings (SSSR count). The zero-order valence-corrected chi connectivity index (χ0v) is 20.9. The molecular weight excluding hydrogens is 409 g/mol. The highest BCUT2D eigenvalue weighted by Crippen LogP contribution is 2.39. The summed E-state index contributed by atoms with van der Waals surface area (Å²) < 4.78 is 38.3. The summed E-state index contributed by atoms with van der Waals surface area (Å²) >= 11 is 0. The largest absolute Gasteiger partial charge is 0.416 e. The van der Waals surface area contributed by atoms with E-state index < -0.39 is 11.7 Å². The average Bonchev–Trinajstić information content (AvgIpc) is 2.76. The van der Waals surface area contributed by atoms with E-state index in [2.05, 4.69) is 13.8 Å². The van der Waals surface area contributed by atoms with Crippen molar-refractivity contribution in [1.82, 2.24) is 0 Å². The van der Waals surface area contributed by atoms with Crippen LogP contribution in [0.4, 0.5) is 13.2 Å². The Morgan fingerprint density at radius 3 is 1.90 bits per heavy atom. The third-order valence-electron chi connectivity index (χ3n) is 8.15. The van der Waals surface area contributed by atoms with Gasteiger partial charge in [-0.1, -0.05) is 89.1 Å². The summed E-state index contributed by atoms with van der Waals surface area (Å²) in [6, 6.07) is 10.7. The lowest BCUT2D eigenvalue weighted by Crippen LogP contribution is -2.21. The first-order chi connectivity index (χ1) is 14.8. The number of benzene rings is 1. The quantitative estimate of drug-likeness (QED) is 0.259. The highest BCUT2D eigenvalue weighted by atomic mass is 28.3. The third kappa shape index (κ3) is 8.26. The molecule has 0 bridgehead atoms. The maximum absolute atomic E-state index is 12.8. The molecular formula is C27H43F3Si. The highest BCUT2D eigenvalue weighted by Gasteiger charge is 2.30. The van der Waals surface area contributed by atoms with E-state index in [0.717, 1.165) is 36.2 Å². The molecule has 1 aliphatic carbocycles. The molecule has 1 aliphatic heterocycles. The molecule has 2 fully saturated rings. The second kappa shape index (κ2) is 11.9. The Hall–Kier alpha value is -0.773. The molecule has 0 N–H and O–H groups in total. The molecule has 0 unspecified atom stereocenters. The van der Waals surface area contributed by atoms with Crippen LogP contribution in [0.3, 0.4) is 0 Å². The van der Waals surface area contributed by atoms with Crippen LogP contribution in [-0.2, 0) is 6.18 Å². The van der Waals surface area contributed by atoms with Crippen LogP contribution in [0.15, 0.2) is 24.3 Å². The summed E-state index contributed by atoms with van der Waals surface area (Å²) in [7, 11) is -0.384. The Bertz CT molecular complexity index is 621. The SMILES string of the molecule is CC(C)CC[SiH]1CCC(CCCCC2CCC(c3ccc(C(F)(F)F)cc3)CC2)CC1. The van der Waals surface area contributed by atoms with Crippen molar-refractivity contribution in [2.75, 3.05) is 0 Å². The van der Waals surface area contributed by atoms with Gasteiger partial charge in [-0.3, -0.25) is 0 Å². The van der Waals surface area contributed by atoms with Crippen molar-refractivity contribution in [3.63, 3.8) is 0 Å². The molecule has 1 aromatic carbocycles. The minimum atomic E-state index is -4.23. The standard InChI is InChI=1S/C27H43F3Si/c1-21(2)15-18-31-19-16-23(17-20-31)6-4-3-5-22-7-9-24(10-8-22)25-11-13-26(14-12-25)27(28,29)30/h11-14,21-24,31H,3-10,15-20H2,1-2H3. The third-order valence-corrected chi connectivity index (χ3v) is 11.6. The predicted octanol–water partition coefficient (Wildman–Crippen LogP) is 9.22. The minimum absolute atomic E-state index is 0.384. The van der Waals surface area contributed by atoms with Crippen LogP contribution in [0, 0.1) is 17.8 Å². The van der Waals surface area contributed by atoms with Gasteiger partial charge in [0.05, 0.1) is 5.56 Å². The number of hydrogen-bond acceptors (Lipinski definition) is 0. The molecule has 0 amide bonds. The average molecular weight is 453 g/mol. The second-order valence-electron chi connectivity index (χ2n) is 11.0. The molecule has 0 radical (unpaired) electrons. The predicted molar refractivity (Wildman–Crippen MR) is 128 cm³/mol. The lowest BCUT2D eigenvalue weighted by atomic mass is 9.77. The van der Waals surface area contributed by atoms with Crippen molar-refractivity contribution in [3.8, 4) is 0 Å². The molecule has 176 valence electrons. The smallest absolute Gasteiger partial charge is 0.166 e. The molecule has 0 nitrogen and oxygen atoms in total. The molecule has 0 aromatic heterocycles. The van der Waals surface area contributed by atoms with Crippen LogP contribution in [0.2, 0.25) is 18.1 Å². The highest BCUT2D eigenvalue weighted by molar-refractivity contribution is 6.58. The van der Waals surface area contributed by atoms with E-state index in [1.54, 1.807) is 30.3 Å². The minimum Gasteiger partial charge on any atom is -0.166 e. The van der Waals surface area contributed by atoms with Crippen LogP contribution in [-0.4, -0.2) is 8.80 Å². The first kappa shape index (κ1) is 24.9. The van der Waals surface area contributed by atoms with Gasteiger partial charge in [-0.05, 0) is 67.1 Å². The van der Waals surface area contributed by atoms with Gasteiger partial charge in [-0.15, -0.1) is 0 Å². The molecule has 1 aromatic rings. The van der Waals surface area contributed by atoms with E-state index in [1.807, 2.05) is 0 Å². The van der Waals surface area contributed by atoms with Crippen LogP contribution in [0.5, 0.6) is 0 Å². The summed E-state index contributed by atoms with van der Waals surface area (Å²) in [4.78, 5) is 0. The monoisotopic (exact) mass is 452 g/mol. The van der Waals surface area contributed by atoms with Gasteiger partial charge in [0.25, 0.3) is 0 Å². The van der Waals surface area contributed by atoms with Crippen LogP contribution in [0.25, 0.3) is 0 Å². The normalized spacial score (nSPS) is 27.5. The Balaban J connectivity index is 1.27. The molecule has 0 spiro atoms. The first-order valence-corrected chi connectivity index (χ1v) is 15.4. The van der Waals surface area contributed by atoms with Crippen molar-refractivity contribution in [3.05, 3.63) is 35.4 Å². The summed E-state index contributed by atoms with van der Waals surface area (Å²) in [6.07, 6.45) is 10.6. The fourth-order valence-corrected chi connectivity index (χ4v) is 9.86. The Kier molecular flexibility index (Phi) is 9.55. The van der Waals surface area contributed by atoms with Gasteiger partial charge in [0.15, 0.2) is 0 Å². The lowest BCUT2D eigenvalue weighted by Gasteiger charge is -2.30. The number of alkyl halides is 3. The topological polar surface area (TPSA) is 0 Å². The van der Waals surface area contributed by atoms with Crippen molar-refractivity contribution in [2.24, 2.45) is 17.8 Å². The van der Waals surface area contributed by atoms with Crippen LogP contribution < -0.4 is 0 Å². The van der Waals surface area contributed by atoms with E-state index >= 15 is 0 Å². The zero-order chi connectivity index (χ0) is 22.3. The maximum Gasteiger partial charge on any atom is 0.416 e. The van der Waals surface area contributed by atoms with Crippen molar-refractivity contribution < 1.29 is 13.2 Å². The number of halogens is 3. The molecule has 1 saturated carbocycles. The molecule has 1 heterocycles.